The van der Waals surface area contributed by atoms with Gasteiger partial charge < -0.3 is 14.0 Å². The zero-order valence-electron chi connectivity index (χ0n) is 19.7. The van der Waals surface area contributed by atoms with Gasteiger partial charge in [0, 0.05) is 45.6 Å². The van der Waals surface area contributed by atoms with E-state index in [1.165, 1.54) is 0 Å². The molecule has 4 rings (SSSR count). The van der Waals surface area contributed by atoms with E-state index in [2.05, 4.69) is 10.1 Å². The van der Waals surface area contributed by atoms with Crippen LogP contribution in [0.3, 0.4) is 0 Å². The Labute approximate surface area is 194 Å². The largest absolute Gasteiger partial charge is 0.361 e. The lowest BCUT2D eigenvalue weighted by Crippen LogP contribution is -2.35. The summed E-state index contributed by atoms with van der Waals surface area (Å²) in [6, 6.07) is 5.10. The Balaban J connectivity index is 1.47. The standard InChI is InChI=1S/C23H31N5O4S/c1-16-19(17(2)32-25-16)15-26(3)23(29)11-10-22-24-20-14-18(8-9-21(20)27(22)4)33(30,31)28-12-6-5-7-13-28/h8-9,14H,5-7,10-13,15H2,1-4H3. The predicted molar refractivity (Wildman–Crippen MR) is 124 cm³/mol. The molecule has 1 aliphatic rings. The fourth-order valence-corrected chi connectivity index (χ4v) is 5.87. The molecule has 1 aliphatic heterocycles. The van der Waals surface area contributed by atoms with Gasteiger partial charge in [-0.25, -0.2) is 13.4 Å². The van der Waals surface area contributed by atoms with Gasteiger partial charge in [0.15, 0.2) is 0 Å². The van der Waals surface area contributed by atoms with Crippen molar-refractivity contribution >= 4 is 27.0 Å². The van der Waals surface area contributed by atoms with Crippen molar-refractivity contribution in [3.63, 3.8) is 0 Å². The molecule has 0 bridgehead atoms. The molecule has 1 saturated heterocycles. The zero-order valence-corrected chi connectivity index (χ0v) is 20.5. The molecule has 178 valence electrons. The Morgan fingerprint density at radius 3 is 2.58 bits per heavy atom. The molecule has 2 aromatic heterocycles. The number of sulfonamides is 1. The van der Waals surface area contributed by atoms with Crippen molar-refractivity contribution in [2.45, 2.75) is 57.4 Å². The van der Waals surface area contributed by atoms with E-state index in [0.717, 1.165) is 47.6 Å². The molecule has 0 aliphatic carbocycles. The smallest absolute Gasteiger partial charge is 0.243 e. The molecule has 1 fully saturated rings. The number of carbonyl (C=O) groups is 1. The van der Waals surface area contributed by atoms with Crippen LogP contribution in [0.4, 0.5) is 0 Å². The van der Waals surface area contributed by atoms with E-state index in [0.29, 0.717) is 38.0 Å². The summed E-state index contributed by atoms with van der Waals surface area (Å²) in [5.74, 6) is 1.46. The minimum atomic E-state index is -3.52. The third-order valence-electron chi connectivity index (χ3n) is 6.46. The number of piperidine rings is 1. The molecule has 0 N–H and O–H groups in total. The number of carbonyl (C=O) groups excluding carboxylic acids is 1. The van der Waals surface area contributed by atoms with Gasteiger partial charge >= 0.3 is 0 Å². The summed E-state index contributed by atoms with van der Waals surface area (Å²) in [6.07, 6.45) is 3.63. The molecule has 0 unspecified atom stereocenters. The Morgan fingerprint density at radius 1 is 1.18 bits per heavy atom. The number of benzene rings is 1. The predicted octanol–water partition coefficient (Wildman–Crippen LogP) is 2.94. The highest BCUT2D eigenvalue weighted by Gasteiger charge is 2.26. The van der Waals surface area contributed by atoms with Crippen molar-refractivity contribution in [3.8, 4) is 0 Å². The van der Waals surface area contributed by atoms with Crippen LogP contribution in [-0.4, -0.2) is 58.4 Å². The molecular formula is C23H31N5O4S. The maximum Gasteiger partial charge on any atom is 0.243 e. The number of hydrogen-bond acceptors (Lipinski definition) is 6. The van der Waals surface area contributed by atoms with Crippen LogP contribution in [0.25, 0.3) is 11.0 Å². The monoisotopic (exact) mass is 473 g/mol. The number of imidazole rings is 1. The second-order valence-electron chi connectivity index (χ2n) is 8.75. The first-order chi connectivity index (χ1) is 15.7. The average Bonchev–Trinajstić information content (AvgIpc) is 3.30. The van der Waals surface area contributed by atoms with Crippen LogP contribution >= 0.6 is 0 Å². The summed E-state index contributed by atoms with van der Waals surface area (Å²) in [7, 11) is 0.140. The van der Waals surface area contributed by atoms with Gasteiger partial charge in [-0.3, -0.25) is 4.79 Å². The number of aryl methyl sites for hydroxylation is 4. The lowest BCUT2D eigenvalue weighted by molar-refractivity contribution is -0.130. The number of nitrogens with zero attached hydrogens (tertiary/aromatic N) is 5. The third kappa shape index (κ3) is 4.67. The quantitative estimate of drug-likeness (QED) is 0.523. The number of hydrogen-bond donors (Lipinski definition) is 0. The Hall–Kier alpha value is -2.72. The van der Waals surface area contributed by atoms with Gasteiger partial charge in [0.05, 0.1) is 28.2 Å². The van der Waals surface area contributed by atoms with Crippen molar-refractivity contribution in [2.24, 2.45) is 7.05 Å². The van der Waals surface area contributed by atoms with Gasteiger partial charge in [-0.15, -0.1) is 0 Å². The fraction of sp³-hybridized carbons (Fsp3) is 0.522. The van der Waals surface area contributed by atoms with Gasteiger partial charge in [0.1, 0.15) is 11.6 Å². The lowest BCUT2D eigenvalue weighted by Gasteiger charge is -2.25. The second kappa shape index (κ2) is 9.26. The topological polar surface area (TPSA) is 102 Å². The summed E-state index contributed by atoms with van der Waals surface area (Å²) in [6.45, 7) is 5.28. The third-order valence-corrected chi connectivity index (χ3v) is 8.36. The van der Waals surface area contributed by atoms with E-state index in [1.807, 2.05) is 25.5 Å². The first-order valence-corrected chi connectivity index (χ1v) is 12.7. The van der Waals surface area contributed by atoms with Crippen LogP contribution in [0.5, 0.6) is 0 Å². The number of aromatic nitrogens is 3. The van der Waals surface area contributed by atoms with Gasteiger partial charge in [-0.05, 0) is 44.9 Å². The number of rotatable bonds is 7. The van der Waals surface area contributed by atoms with Crippen LogP contribution in [0.1, 0.15) is 48.5 Å². The maximum absolute atomic E-state index is 13.0. The summed E-state index contributed by atoms with van der Waals surface area (Å²) in [4.78, 5) is 19.3. The molecule has 9 nitrogen and oxygen atoms in total. The molecule has 0 radical (unpaired) electrons. The van der Waals surface area contributed by atoms with Gasteiger partial charge in [0.2, 0.25) is 15.9 Å². The van der Waals surface area contributed by atoms with E-state index in [1.54, 1.807) is 34.5 Å². The van der Waals surface area contributed by atoms with Crippen LogP contribution < -0.4 is 0 Å². The van der Waals surface area contributed by atoms with Crippen molar-refractivity contribution in [3.05, 3.63) is 41.0 Å². The molecule has 33 heavy (non-hydrogen) atoms. The Kier molecular flexibility index (Phi) is 6.58. The maximum atomic E-state index is 13.0. The summed E-state index contributed by atoms with van der Waals surface area (Å²) in [5, 5.41) is 3.94. The highest BCUT2D eigenvalue weighted by Crippen LogP contribution is 2.25. The van der Waals surface area contributed by atoms with Gasteiger partial charge in [0.25, 0.3) is 0 Å². The number of fused-ring (bicyclic) bond motifs is 1. The molecule has 0 saturated carbocycles. The molecule has 1 amide bonds. The molecule has 1 aromatic carbocycles. The van der Waals surface area contributed by atoms with Gasteiger partial charge in [-0.1, -0.05) is 11.6 Å². The molecule has 10 heteroatoms. The van der Waals surface area contributed by atoms with E-state index < -0.39 is 10.0 Å². The molecule has 3 heterocycles. The minimum Gasteiger partial charge on any atom is -0.361 e. The highest BCUT2D eigenvalue weighted by atomic mass is 32.2. The Bertz CT molecular complexity index is 1250. The van der Waals surface area contributed by atoms with E-state index in [-0.39, 0.29) is 10.8 Å². The van der Waals surface area contributed by atoms with E-state index >= 15 is 0 Å². The molecule has 3 aromatic rings. The molecule has 0 spiro atoms. The summed E-state index contributed by atoms with van der Waals surface area (Å²) in [5.41, 5.74) is 3.19. The van der Waals surface area contributed by atoms with E-state index in [4.69, 9.17) is 4.52 Å². The fourth-order valence-electron chi connectivity index (χ4n) is 4.33. The zero-order chi connectivity index (χ0) is 23.8. The minimum absolute atomic E-state index is 0.00424. The average molecular weight is 474 g/mol. The summed E-state index contributed by atoms with van der Waals surface area (Å²) < 4.78 is 34.7. The second-order valence-corrected chi connectivity index (χ2v) is 10.7. The number of amides is 1. The SMILES string of the molecule is Cc1noc(C)c1CN(C)C(=O)CCc1nc2cc(S(=O)(=O)N3CCCCC3)ccc2n1C. The van der Waals surface area contributed by atoms with Crippen LogP contribution in [-0.2, 0) is 34.8 Å². The van der Waals surface area contributed by atoms with Gasteiger partial charge in [-0.2, -0.15) is 4.31 Å². The highest BCUT2D eigenvalue weighted by molar-refractivity contribution is 7.89. The molecular weight excluding hydrogens is 442 g/mol. The van der Waals surface area contributed by atoms with Crippen molar-refractivity contribution in [2.75, 3.05) is 20.1 Å². The lowest BCUT2D eigenvalue weighted by atomic mass is 10.2. The normalized spacial score (nSPS) is 15.3. The van der Waals surface area contributed by atoms with Crippen molar-refractivity contribution in [1.29, 1.82) is 0 Å². The first-order valence-electron chi connectivity index (χ1n) is 11.3. The van der Waals surface area contributed by atoms with Crippen LogP contribution in [0, 0.1) is 13.8 Å². The van der Waals surface area contributed by atoms with E-state index in [9.17, 15) is 13.2 Å². The summed E-state index contributed by atoms with van der Waals surface area (Å²) >= 11 is 0. The van der Waals surface area contributed by atoms with Crippen LogP contribution in [0.15, 0.2) is 27.6 Å². The van der Waals surface area contributed by atoms with Crippen LogP contribution in [0.2, 0.25) is 0 Å². The van der Waals surface area contributed by atoms with Crippen molar-refractivity contribution in [1.82, 2.24) is 23.9 Å². The first kappa shape index (κ1) is 23.4. The Morgan fingerprint density at radius 2 is 1.91 bits per heavy atom. The van der Waals surface area contributed by atoms with Crippen molar-refractivity contribution < 1.29 is 17.7 Å². The molecule has 0 atom stereocenters.